The Kier molecular flexibility index (Phi) is 3.23. The molecule has 5 aromatic rings. The minimum absolute atomic E-state index is 0.152. The van der Waals surface area contributed by atoms with E-state index in [0.717, 1.165) is 28.0 Å². The third kappa shape index (κ3) is 2.11. The van der Waals surface area contributed by atoms with Crippen LogP contribution in [-0.4, -0.2) is 24.1 Å². The van der Waals surface area contributed by atoms with Crippen LogP contribution < -0.4 is 5.56 Å². The first-order chi connectivity index (χ1) is 12.7. The maximum atomic E-state index is 12.9. The molecule has 0 N–H and O–H groups in total. The van der Waals surface area contributed by atoms with Crippen LogP contribution >= 0.6 is 11.3 Å². The molecule has 0 atom stereocenters. The molecule has 0 amide bonds. The van der Waals surface area contributed by atoms with Gasteiger partial charge >= 0.3 is 0 Å². The van der Waals surface area contributed by atoms with E-state index in [9.17, 15) is 4.79 Å². The van der Waals surface area contributed by atoms with Crippen LogP contribution in [0.2, 0.25) is 0 Å². The summed E-state index contributed by atoms with van der Waals surface area (Å²) in [7, 11) is 0. The van der Waals surface area contributed by atoms with Crippen LogP contribution in [0.15, 0.2) is 65.2 Å². The molecule has 126 valence electrons. The number of aryl methyl sites for hydroxylation is 1. The molecule has 0 radical (unpaired) electrons. The highest BCUT2D eigenvalue weighted by Gasteiger charge is 2.16. The highest BCUT2D eigenvalue weighted by Crippen LogP contribution is 2.28. The molecular formula is C19H13N5OS. The molecule has 7 heteroatoms. The van der Waals surface area contributed by atoms with Crippen molar-refractivity contribution in [1.82, 2.24) is 24.1 Å². The lowest BCUT2D eigenvalue weighted by Crippen LogP contribution is -2.18. The summed E-state index contributed by atoms with van der Waals surface area (Å²) in [5.74, 6) is 0. The topological polar surface area (TPSA) is 65.1 Å². The number of benzene rings is 1. The van der Waals surface area contributed by atoms with Gasteiger partial charge in [-0.15, -0.1) is 11.3 Å². The van der Waals surface area contributed by atoms with Gasteiger partial charge in [0, 0.05) is 29.5 Å². The molecule has 6 nitrogen and oxygen atoms in total. The number of pyridine rings is 1. The predicted octanol–water partition coefficient (Wildman–Crippen LogP) is 3.47. The van der Waals surface area contributed by atoms with Crippen molar-refractivity contribution in [3.63, 3.8) is 0 Å². The van der Waals surface area contributed by atoms with Crippen molar-refractivity contribution in [2.75, 3.05) is 0 Å². The predicted molar refractivity (Wildman–Crippen MR) is 102 cm³/mol. The Labute approximate surface area is 152 Å². The van der Waals surface area contributed by atoms with Crippen molar-refractivity contribution >= 4 is 27.9 Å². The molecular weight excluding hydrogens is 346 g/mol. The smallest absolute Gasteiger partial charge is 0.267 e. The van der Waals surface area contributed by atoms with Gasteiger partial charge in [0.05, 0.1) is 16.6 Å². The molecule has 0 aliphatic carbocycles. The summed E-state index contributed by atoms with van der Waals surface area (Å²) in [6.07, 6.45) is 5.05. The number of hydrogen-bond donors (Lipinski definition) is 0. The van der Waals surface area contributed by atoms with Crippen LogP contribution in [0, 0.1) is 6.92 Å². The van der Waals surface area contributed by atoms with Gasteiger partial charge in [0.1, 0.15) is 0 Å². The van der Waals surface area contributed by atoms with Crippen LogP contribution in [0.1, 0.15) is 5.69 Å². The van der Waals surface area contributed by atoms with Crippen molar-refractivity contribution in [3.8, 4) is 16.3 Å². The minimum Gasteiger partial charge on any atom is -0.268 e. The number of rotatable bonds is 2. The standard InChI is InChI=1S/C19H13N5OS/c1-12-16(13-5-3-2-4-6-13)17-21-11-14-15(24(17)22-12)7-9-23(18(14)25)19-20-8-10-26-19/h2-11H,1H3. The van der Waals surface area contributed by atoms with Crippen molar-refractivity contribution < 1.29 is 0 Å². The van der Waals surface area contributed by atoms with Gasteiger partial charge in [-0.3, -0.25) is 9.36 Å². The summed E-state index contributed by atoms with van der Waals surface area (Å²) in [5, 5.41) is 7.64. The molecule has 0 fully saturated rings. The van der Waals surface area contributed by atoms with E-state index in [4.69, 9.17) is 0 Å². The summed E-state index contributed by atoms with van der Waals surface area (Å²) in [6, 6.07) is 11.9. The highest BCUT2D eigenvalue weighted by atomic mass is 32.1. The van der Waals surface area contributed by atoms with Gasteiger partial charge in [-0.2, -0.15) is 5.10 Å². The van der Waals surface area contributed by atoms with E-state index in [0.29, 0.717) is 10.5 Å². The molecule has 0 saturated heterocycles. The fourth-order valence-electron chi connectivity index (χ4n) is 3.20. The first-order valence-electron chi connectivity index (χ1n) is 8.09. The van der Waals surface area contributed by atoms with Gasteiger partial charge in [0.2, 0.25) is 0 Å². The summed E-state index contributed by atoms with van der Waals surface area (Å²) in [4.78, 5) is 21.7. The Morgan fingerprint density at radius 2 is 1.92 bits per heavy atom. The lowest BCUT2D eigenvalue weighted by atomic mass is 10.1. The molecule has 0 spiro atoms. The number of fused-ring (bicyclic) bond motifs is 3. The molecule has 0 aliphatic heterocycles. The Hall–Kier alpha value is -3.32. The lowest BCUT2D eigenvalue weighted by molar-refractivity contribution is 0.937. The van der Waals surface area contributed by atoms with Crippen molar-refractivity contribution in [2.24, 2.45) is 0 Å². The average Bonchev–Trinajstić information content (AvgIpc) is 3.30. The summed E-state index contributed by atoms with van der Waals surface area (Å²) in [6.45, 7) is 1.96. The number of thiazole rings is 1. The monoisotopic (exact) mass is 359 g/mol. The van der Waals surface area contributed by atoms with E-state index in [1.165, 1.54) is 15.9 Å². The molecule has 1 aromatic carbocycles. The van der Waals surface area contributed by atoms with Gasteiger partial charge < -0.3 is 0 Å². The van der Waals surface area contributed by atoms with E-state index >= 15 is 0 Å². The Bertz CT molecular complexity index is 1300. The third-order valence-electron chi connectivity index (χ3n) is 4.37. The van der Waals surface area contributed by atoms with Gasteiger partial charge in [0.15, 0.2) is 10.8 Å². The summed E-state index contributed by atoms with van der Waals surface area (Å²) >= 11 is 1.42. The number of nitrogens with zero attached hydrogens (tertiary/aromatic N) is 5. The third-order valence-corrected chi connectivity index (χ3v) is 5.15. The van der Waals surface area contributed by atoms with Crippen LogP contribution in [0.25, 0.3) is 32.8 Å². The highest BCUT2D eigenvalue weighted by molar-refractivity contribution is 7.12. The molecule has 0 unspecified atom stereocenters. The zero-order chi connectivity index (χ0) is 17.7. The van der Waals surface area contributed by atoms with Crippen LogP contribution in [0.3, 0.4) is 0 Å². The van der Waals surface area contributed by atoms with Gasteiger partial charge in [-0.25, -0.2) is 14.5 Å². The first kappa shape index (κ1) is 15.0. The summed E-state index contributed by atoms with van der Waals surface area (Å²) < 4.78 is 3.29. The quantitative estimate of drug-likeness (QED) is 0.484. The zero-order valence-electron chi connectivity index (χ0n) is 13.8. The fourth-order valence-corrected chi connectivity index (χ4v) is 3.83. The fraction of sp³-hybridized carbons (Fsp3) is 0.0526. The normalized spacial score (nSPS) is 11.4. The van der Waals surface area contributed by atoms with E-state index in [1.54, 1.807) is 23.1 Å². The second-order valence-corrected chi connectivity index (χ2v) is 6.80. The molecule has 0 saturated carbocycles. The van der Waals surface area contributed by atoms with E-state index < -0.39 is 0 Å². The largest absolute Gasteiger partial charge is 0.268 e. The number of hydrogen-bond acceptors (Lipinski definition) is 5. The van der Waals surface area contributed by atoms with Gasteiger partial charge in [-0.1, -0.05) is 30.3 Å². The van der Waals surface area contributed by atoms with Crippen LogP contribution in [0.5, 0.6) is 0 Å². The maximum absolute atomic E-state index is 12.9. The second kappa shape index (κ2) is 5.60. The second-order valence-electron chi connectivity index (χ2n) is 5.92. The summed E-state index contributed by atoms with van der Waals surface area (Å²) in [5.41, 5.74) is 4.24. The van der Waals surface area contributed by atoms with Crippen LogP contribution in [-0.2, 0) is 0 Å². The average molecular weight is 359 g/mol. The van der Waals surface area contributed by atoms with Crippen molar-refractivity contribution in [3.05, 3.63) is 76.4 Å². The van der Waals surface area contributed by atoms with E-state index in [1.807, 2.05) is 48.7 Å². The Morgan fingerprint density at radius 3 is 2.69 bits per heavy atom. The lowest BCUT2D eigenvalue weighted by Gasteiger charge is -2.05. The van der Waals surface area contributed by atoms with E-state index in [-0.39, 0.29) is 5.56 Å². The SMILES string of the molecule is Cc1nn2c(ncc3c(=O)n(-c4nccs4)ccc32)c1-c1ccccc1. The molecule has 4 heterocycles. The van der Waals surface area contributed by atoms with Crippen LogP contribution in [0.4, 0.5) is 0 Å². The molecule has 0 bridgehead atoms. The minimum atomic E-state index is -0.152. The Balaban J connectivity index is 1.82. The molecule has 26 heavy (non-hydrogen) atoms. The number of aromatic nitrogens is 5. The molecule has 0 aliphatic rings. The maximum Gasteiger partial charge on any atom is 0.267 e. The van der Waals surface area contributed by atoms with Crippen molar-refractivity contribution in [1.29, 1.82) is 0 Å². The zero-order valence-corrected chi connectivity index (χ0v) is 14.6. The van der Waals surface area contributed by atoms with E-state index in [2.05, 4.69) is 15.1 Å². The first-order valence-corrected chi connectivity index (χ1v) is 8.97. The van der Waals surface area contributed by atoms with Gasteiger partial charge in [0.25, 0.3) is 5.56 Å². The molecule has 5 rings (SSSR count). The Morgan fingerprint density at radius 1 is 1.08 bits per heavy atom. The molecule has 4 aromatic heterocycles. The van der Waals surface area contributed by atoms with Crippen molar-refractivity contribution in [2.45, 2.75) is 6.92 Å². The van der Waals surface area contributed by atoms with Gasteiger partial charge in [-0.05, 0) is 18.6 Å².